The van der Waals surface area contributed by atoms with Gasteiger partial charge in [-0.25, -0.2) is 4.98 Å². The van der Waals surface area contributed by atoms with E-state index in [1.165, 1.54) is 17.2 Å². The van der Waals surface area contributed by atoms with Gasteiger partial charge in [0.05, 0.1) is 19.8 Å². The van der Waals surface area contributed by atoms with Crippen molar-refractivity contribution < 1.29 is 23.4 Å². The first-order valence-electron chi connectivity index (χ1n) is 13.4. The Labute approximate surface area is 226 Å². The number of aromatic amines is 1. The lowest BCUT2D eigenvalue weighted by molar-refractivity contribution is 0.0383. The van der Waals surface area contributed by atoms with E-state index in [0.717, 1.165) is 68.4 Å². The Morgan fingerprint density at radius 2 is 1.95 bits per heavy atom. The maximum Gasteiger partial charge on any atom is 0.273 e. The second kappa shape index (κ2) is 11.9. The Bertz CT molecular complexity index is 1410. The highest BCUT2D eigenvalue weighted by atomic mass is 16.7. The van der Waals surface area contributed by atoms with Crippen molar-refractivity contribution in [3.8, 4) is 11.5 Å². The van der Waals surface area contributed by atoms with E-state index in [1.54, 1.807) is 0 Å². The van der Waals surface area contributed by atoms with Crippen molar-refractivity contribution in [2.45, 2.75) is 19.5 Å². The van der Waals surface area contributed by atoms with Crippen LogP contribution in [0.2, 0.25) is 0 Å². The Morgan fingerprint density at radius 3 is 2.87 bits per heavy atom. The third-order valence-corrected chi connectivity index (χ3v) is 7.18. The molecule has 0 atom stereocenters. The fourth-order valence-corrected chi connectivity index (χ4v) is 5.05. The minimum absolute atomic E-state index is 0.223. The molecule has 2 aromatic carbocycles. The van der Waals surface area contributed by atoms with Crippen LogP contribution in [0.15, 0.2) is 59.3 Å². The minimum Gasteiger partial charge on any atom is -0.454 e. The van der Waals surface area contributed by atoms with Gasteiger partial charge in [0.1, 0.15) is 6.26 Å². The number of ether oxygens (including phenoxy) is 3. The number of H-pyrrole nitrogens is 1. The smallest absolute Gasteiger partial charge is 0.273 e. The van der Waals surface area contributed by atoms with E-state index in [4.69, 9.17) is 18.6 Å². The first-order chi connectivity index (χ1) is 19.2. The standard InChI is InChI=1S/C29H33N5O5/c35-29(30-8-10-33-11-13-36-14-12-33)25-19-37-28(32-25)18-34(17-21-5-6-26-27(15-21)39-20-38-26)9-7-22-16-31-24-4-2-1-3-23(22)24/h1-6,15-16,19,31H,7-14,17-18,20H2,(H,30,35). The number of aromatic nitrogens is 2. The van der Waals surface area contributed by atoms with Gasteiger partial charge in [0, 0.05) is 56.4 Å². The average Bonchev–Trinajstić information content (AvgIpc) is 3.72. The summed E-state index contributed by atoms with van der Waals surface area (Å²) < 4.78 is 22.2. The molecular formula is C29H33N5O5. The fourth-order valence-electron chi connectivity index (χ4n) is 5.05. The molecule has 4 heterocycles. The number of para-hydroxylation sites is 1. The molecule has 204 valence electrons. The van der Waals surface area contributed by atoms with Crippen LogP contribution in [0.1, 0.15) is 27.5 Å². The number of carbonyl (C=O) groups is 1. The summed E-state index contributed by atoms with van der Waals surface area (Å²) in [6, 6.07) is 14.3. The quantitative estimate of drug-likeness (QED) is 0.304. The Hall–Kier alpha value is -3.86. The van der Waals surface area contributed by atoms with Crippen molar-refractivity contribution in [3.05, 3.63) is 77.6 Å². The third kappa shape index (κ3) is 6.25. The maximum absolute atomic E-state index is 12.7. The molecule has 4 aromatic rings. The van der Waals surface area contributed by atoms with E-state index in [1.807, 2.05) is 18.2 Å². The maximum atomic E-state index is 12.7. The second-order valence-corrected chi connectivity index (χ2v) is 9.84. The molecule has 6 rings (SSSR count). The van der Waals surface area contributed by atoms with Crippen LogP contribution in [0.5, 0.6) is 11.5 Å². The lowest BCUT2D eigenvalue weighted by atomic mass is 10.1. The van der Waals surface area contributed by atoms with Crippen molar-refractivity contribution in [3.63, 3.8) is 0 Å². The average molecular weight is 532 g/mol. The predicted octanol–water partition coefficient (Wildman–Crippen LogP) is 3.19. The van der Waals surface area contributed by atoms with E-state index in [0.29, 0.717) is 31.2 Å². The van der Waals surface area contributed by atoms with Crippen molar-refractivity contribution in [2.75, 3.05) is 52.7 Å². The number of benzene rings is 2. The molecule has 10 heteroatoms. The van der Waals surface area contributed by atoms with Crippen LogP contribution < -0.4 is 14.8 Å². The van der Waals surface area contributed by atoms with E-state index < -0.39 is 0 Å². The number of fused-ring (bicyclic) bond motifs is 2. The van der Waals surface area contributed by atoms with Crippen molar-refractivity contribution in [2.24, 2.45) is 0 Å². The number of carbonyl (C=O) groups excluding carboxylic acids is 1. The zero-order valence-corrected chi connectivity index (χ0v) is 21.9. The molecule has 1 saturated heterocycles. The first-order valence-corrected chi connectivity index (χ1v) is 13.4. The van der Waals surface area contributed by atoms with Crippen LogP contribution in [0, 0.1) is 0 Å². The van der Waals surface area contributed by atoms with Gasteiger partial charge in [0.2, 0.25) is 12.7 Å². The summed E-state index contributed by atoms with van der Waals surface area (Å²) in [5, 5.41) is 4.18. The highest BCUT2D eigenvalue weighted by molar-refractivity contribution is 5.91. The molecule has 39 heavy (non-hydrogen) atoms. The van der Waals surface area contributed by atoms with Gasteiger partial charge in [-0.2, -0.15) is 0 Å². The van der Waals surface area contributed by atoms with Gasteiger partial charge in [-0.3, -0.25) is 14.6 Å². The highest BCUT2D eigenvalue weighted by Crippen LogP contribution is 2.33. The van der Waals surface area contributed by atoms with E-state index in [9.17, 15) is 4.79 Å². The Kier molecular flexibility index (Phi) is 7.75. The van der Waals surface area contributed by atoms with Gasteiger partial charge in [-0.05, 0) is 35.7 Å². The molecule has 0 spiro atoms. The third-order valence-electron chi connectivity index (χ3n) is 7.18. The predicted molar refractivity (Wildman–Crippen MR) is 145 cm³/mol. The number of rotatable bonds is 11. The normalized spacial score (nSPS) is 15.3. The van der Waals surface area contributed by atoms with Gasteiger partial charge in [-0.15, -0.1) is 0 Å². The molecule has 2 N–H and O–H groups in total. The SMILES string of the molecule is O=C(NCCN1CCOCC1)c1coc(CN(CCc2c[nH]c3ccccc23)Cc2ccc3c(c2)OCO3)n1. The number of oxazole rings is 1. The molecule has 2 aromatic heterocycles. The van der Waals surface area contributed by atoms with Crippen molar-refractivity contribution >= 4 is 16.8 Å². The zero-order valence-electron chi connectivity index (χ0n) is 21.9. The molecule has 0 aliphatic carbocycles. The summed E-state index contributed by atoms with van der Waals surface area (Å²) in [4.78, 5) is 25.1. The van der Waals surface area contributed by atoms with Gasteiger partial charge >= 0.3 is 0 Å². The topological polar surface area (TPSA) is 105 Å². The van der Waals surface area contributed by atoms with Crippen molar-refractivity contribution in [1.82, 2.24) is 25.1 Å². The number of hydrogen-bond donors (Lipinski definition) is 2. The van der Waals surface area contributed by atoms with E-state index in [-0.39, 0.29) is 12.7 Å². The summed E-state index contributed by atoms with van der Waals surface area (Å²) >= 11 is 0. The number of nitrogens with one attached hydrogen (secondary N) is 2. The summed E-state index contributed by atoms with van der Waals surface area (Å²) in [5.41, 5.74) is 3.79. The van der Waals surface area contributed by atoms with Crippen LogP contribution in [0.4, 0.5) is 0 Å². The Morgan fingerprint density at radius 1 is 1.08 bits per heavy atom. The molecule has 0 unspecified atom stereocenters. The van der Waals surface area contributed by atoms with E-state index >= 15 is 0 Å². The first kappa shape index (κ1) is 25.4. The van der Waals surface area contributed by atoms with Crippen LogP contribution in [-0.2, 0) is 24.2 Å². The fraction of sp³-hybridized carbons (Fsp3) is 0.379. The van der Waals surface area contributed by atoms with Crippen LogP contribution in [0.3, 0.4) is 0 Å². The van der Waals surface area contributed by atoms with Crippen LogP contribution >= 0.6 is 0 Å². The molecule has 2 aliphatic heterocycles. The number of amides is 1. The van der Waals surface area contributed by atoms with E-state index in [2.05, 4.69) is 55.5 Å². The van der Waals surface area contributed by atoms with Gasteiger partial charge in [0.15, 0.2) is 17.2 Å². The number of hydrogen-bond acceptors (Lipinski definition) is 8. The molecule has 1 fully saturated rings. The van der Waals surface area contributed by atoms with Crippen LogP contribution in [-0.4, -0.2) is 78.4 Å². The monoisotopic (exact) mass is 531 g/mol. The zero-order chi connectivity index (χ0) is 26.4. The number of nitrogens with zero attached hydrogens (tertiary/aromatic N) is 3. The lowest BCUT2D eigenvalue weighted by Gasteiger charge is -2.26. The number of morpholine rings is 1. The van der Waals surface area contributed by atoms with Crippen LogP contribution in [0.25, 0.3) is 10.9 Å². The largest absolute Gasteiger partial charge is 0.454 e. The molecule has 10 nitrogen and oxygen atoms in total. The summed E-state index contributed by atoms with van der Waals surface area (Å²) in [5.74, 6) is 1.81. The minimum atomic E-state index is -0.223. The Balaban J connectivity index is 1.11. The summed E-state index contributed by atoms with van der Waals surface area (Å²) in [6.45, 7) is 6.77. The highest BCUT2D eigenvalue weighted by Gasteiger charge is 2.19. The van der Waals surface area contributed by atoms with Crippen molar-refractivity contribution in [1.29, 1.82) is 0 Å². The van der Waals surface area contributed by atoms with Gasteiger partial charge in [0.25, 0.3) is 5.91 Å². The van der Waals surface area contributed by atoms with Gasteiger partial charge < -0.3 is 28.9 Å². The summed E-state index contributed by atoms with van der Waals surface area (Å²) in [6.07, 6.45) is 4.37. The molecule has 0 saturated carbocycles. The van der Waals surface area contributed by atoms with Gasteiger partial charge in [-0.1, -0.05) is 24.3 Å². The lowest BCUT2D eigenvalue weighted by Crippen LogP contribution is -2.41. The molecule has 1 amide bonds. The molecule has 0 radical (unpaired) electrons. The molecular weight excluding hydrogens is 498 g/mol. The molecule has 0 bridgehead atoms. The second-order valence-electron chi connectivity index (χ2n) is 9.84. The summed E-state index contributed by atoms with van der Waals surface area (Å²) in [7, 11) is 0. The molecule has 2 aliphatic rings.